The molecular formula is C26H27N7O3. The molecule has 2 amide bonds. The lowest BCUT2D eigenvalue weighted by molar-refractivity contribution is -0.134. The first-order chi connectivity index (χ1) is 17.4. The molecule has 3 aliphatic rings. The number of nitrogens with zero attached hydrogens (tertiary/aromatic N) is 5. The molecule has 36 heavy (non-hydrogen) atoms. The number of nitrogens with one attached hydrogen (secondary N) is 1. The van der Waals surface area contributed by atoms with Gasteiger partial charge in [0.2, 0.25) is 11.8 Å². The first-order valence-electron chi connectivity index (χ1n) is 12.2. The lowest BCUT2D eigenvalue weighted by Gasteiger charge is -2.43. The molecule has 0 radical (unpaired) electrons. The van der Waals surface area contributed by atoms with Gasteiger partial charge in [-0.2, -0.15) is 10.4 Å². The number of aromatic nitrogens is 3. The molecule has 184 valence electrons. The van der Waals surface area contributed by atoms with Gasteiger partial charge >= 0.3 is 0 Å². The Hall–Kier alpha value is -4.13. The Morgan fingerprint density at radius 2 is 2.03 bits per heavy atom. The molecule has 10 heteroatoms. The van der Waals surface area contributed by atoms with E-state index >= 15 is 0 Å². The van der Waals surface area contributed by atoms with Crippen LogP contribution in [-0.4, -0.2) is 57.6 Å². The van der Waals surface area contributed by atoms with Crippen LogP contribution < -0.4 is 15.8 Å². The molecule has 2 saturated carbocycles. The number of amides is 2. The zero-order valence-corrected chi connectivity index (χ0v) is 20.0. The summed E-state index contributed by atoms with van der Waals surface area (Å²) in [7, 11) is 1.57. The van der Waals surface area contributed by atoms with Gasteiger partial charge in [-0.15, -0.1) is 0 Å². The molecular weight excluding hydrogens is 458 g/mol. The summed E-state index contributed by atoms with van der Waals surface area (Å²) in [6.07, 6.45) is 9.42. The molecule has 3 aromatic heterocycles. The molecule has 0 bridgehead atoms. The monoisotopic (exact) mass is 485 g/mol. The number of ether oxygens (including phenoxy) is 1. The van der Waals surface area contributed by atoms with E-state index in [0.29, 0.717) is 48.6 Å². The minimum atomic E-state index is -0.842. The number of methoxy groups -OCH3 is 1. The van der Waals surface area contributed by atoms with Crippen LogP contribution in [-0.2, 0) is 4.79 Å². The predicted octanol–water partition coefficient (Wildman–Crippen LogP) is 2.60. The highest BCUT2D eigenvalue weighted by molar-refractivity contribution is 6.02. The third-order valence-corrected chi connectivity index (χ3v) is 8.16. The Morgan fingerprint density at radius 1 is 1.22 bits per heavy atom. The molecule has 3 aromatic rings. The van der Waals surface area contributed by atoms with Crippen LogP contribution in [0.4, 0.5) is 5.69 Å². The largest absolute Gasteiger partial charge is 0.481 e. The molecule has 1 unspecified atom stereocenters. The molecule has 4 heterocycles. The van der Waals surface area contributed by atoms with E-state index in [0.717, 1.165) is 30.4 Å². The summed E-state index contributed by atoms with van der Waals surface area (Å²) in [4.78, 5) is 31.7. The number of nitrogens with two attached hydrogens (primary N) is 1. The molecule has 3 fully saturated rings. The lowest BCUT2D eigenvalue weighted by atomic mass is 9.65. The van der Waals surface area contributed by atoms with Crippen molar-refractivity contribution in [3.63, 3.8) is 0 Å². The van der Waals surface area contributed by atoms with Crippen LogP contribution in [0.5, 0.6) is 5.88 Å². The maximum absolute atomic E-state index is 13.2. The second-order valence-electron chi connectivity index (χ2n) is 10.2. The van der Waals surface area contributed by atoms with E-state index in [2.05, 4.69) is 21.5 Å². The van der Waals surface area contributed by atoms with Crippen molar-refractivity contribution in [3.05, 3.63) is 42.4 Å². The summed E-state index contributed by atoms with van der Waals surface area (Å²) in [6, 6.07) is 7.82. The maximum atomic E-state index is 13.2. The fourth-order valence-corrected chi connectivity index (χ4v) is 5.66. The number of primary amides is 1. The molecule has 1 spiro atoms. The second kappa shape index (κ2) is 7.95. The van der Waals surface area contributed by atoms with Gasteiger partial charge in [-0.3, -0.25) is 9.59 Å². The SMILES string of the molecule is COc1ccc(-c2cc3c(NC4CN(C(=O)C5(C#N)CC5)CC45CCC5)c(C(N)=O)cnn3c2)cn1. The van der Waals surface area contributed by atoms with E-state index in [1.54, 1.807) is 23.9 Å². The van der Waals surface area contributed by atoms with E-state index in [9.17, 15) is 14.9 Å². The minimum Gasteiger partial charge on any atom is -0.481 e. The van der Waals surface area contributed by atoms with Crippen molar-refractivity contribution in [1.82, 2.24) is 19.5 Å². The Kier molecular flexibility index (Phi) is 4.93. The quantitative estimate of drug-likeness (QED) is 0.547. The Morgan fingerprint density at radius 3 is 2.61 bits per heavy atom. The normalized spacial score (nSPS) is 21.1. The van der Waals surface area contributed by atoms with Crippen LogP contribution in [0.1, 0.15) is 42.5 Å². The van der Waals surface area contributed by atoms with Crippen molar-refractivity contribution in [3.8, 4) is 23.1 Å². The van der Waals surface area contributed by atoms with Crippen LogP contribution in [0.25, 0.3) is 16.6 Å². The number of likely N-dealkylation sites (tertiary alicyclic amines) is 1. The predicted molar refractivity (Wildman–Crippen MR) is 131 cm³/mol. The van der Waals surface area contributed by atoms with Gasteiger partial charge in [0.05, 0.1) is 42.2 Å². The van der Waals surface area contributed by atoms with Crippen molar-refractivity contribution < 1.29 is 14.3 Å². The van der Waals surface area contributed by atoms with Gasteiger partial charge in [0.15, 0.2) is 0 Å². The number of hydrogen-bond acceptors (Lipinski definition) is 7. The number of carbonyl (C=O) groups excluding carboxylic acids is 2. The van der Waals surface area contributed by atoms with Crippen molar-refractivity contribution >= 4 is 23.0 Å². The van der Waals surface area contributed by atoms with Crippen LogP contribution in [0.15, 0.2) is 36.8 Å². The highest BCUT2D eigenvalue weighted by Gasteiger charge is 2.58. The van der Waals surface area contributed by atoms with Crippen molar-refractivity contribution in [2.45, 2.75) is 38.1 Å². The molecule has 3 N–H and O–H groups in total. The lowest BCUT2D eigenvalue weighted by Crippen LogP contribution is -2.45. The van der Waals surface area contributed by atoms with E-state index in [1.165, 1.54) is 6.20 Å². The summed E-state index contributed by atoms with van der Waals surface area (Å²) in [6.45, 7) is 1.12. The number of pyridine rings is 1. The zero-order valence-electron chi connectivity index (χ0n) is 20.0. The van der Waals surface area contributed by atoms with Crippen molar-refractivity contribution in [1.29, 1.82) is 5.26 Å². The molecule has 10 nitrogen and oxygen atoms in total. The fourth-order valence-electron chi connectivity index (χ4n) is 5.66. The van der Waals surface area contributed by atoms with Crippen molar-refractivity contribution in [2.75, 3.05) is 25.5 Å². The first-order valence-corrected chi connectivity index (χ1v) is 12.2. The van der Waals surface area contributed by atoms with Gasteiger partial charge in [0, 0.05) is 48.1 Å². The van der Waals surface area contributed by atoms with E-state index < -0.39 is 11.3 Å². The molecule has 1 aliphatic heterocycles. The van der Waals surface area contributed by atoms with Crippen LogP contribution in [0, 0.1) is 22.2 Å². The standard InChI is InChI=1S/C26H27N7O3/c1-36-21-4-3-16(10-29-21)17-9-19-22(18(23(28)34)11-30-33(19)12-17)31-20-13-32(15-26(20)5-2-6-26)24(35)25(14-27)7-8-25/h3-4,9-12,20,31H,2,5-8,13,15H2,1H3,(H2,28,34). The summed E-state index contributed by atoms with van der Waals surface area (Å²) >= 11 is 0. The Balaban J connectivity index is 1.36. The highest BCUT2D eigenvalue weighted by Crippen LogP contribution is 2.53. The molecule has 6 rings (SSSR count). The minimum absolute atomic E-state index is 0.0602. The summed E-state index contributed by atoms with van der Waals surface area (Å²) in [5.74, 6) is -0.113. The number of anilines is 1. The third-order valence-electron chi connectivity index (χ3n) is 8.16. The van der Waals surface area contributed by atoms with Gasteiger partial charge in [-0.05, 0) is 37.8 Å². The molecule has 1 saturated heterocycles. The topological polar surface area (TPSA) is 139 Å². The molecule has 0 aromatic carbocycles. The Bertz CT molecular complexity index is 1410. The maximum Gasteiger partial charge on any atom is 0.252 e. The van der Waals surface area contributed by atoms with Gasteiger partial charge in [0.1, 0.15) is 5.41 Å². The summed E-state index contributed by atoms with van der Waals surface area (Å²) in [5, 5.41) is 17.6. The van der Waals surface area contributed by atoms with Gasteiger partial charge in [-0.25, -0.2) is 9.50 Å². The van der Waals surface area contributed by atoms with Crippen LogP contribution in [0.2, 0.25) is 0 Å². The van der Waals surface area contributed by atoms with Gasteiger partial charge in [-0.1, -0.05) is 6.42 Å². The number of nitriles is 1. The Labute approximate surface area is 208 Å². The van der Waals surface area contributed by atoms with E-state index in [4.69, 9.17) is 10.5 Å². The summed E-state index contributed by atoms with van der Waals surface area (Å²) < 4.78 is 6.87. The van der Waals surface area contributed by atoms with Gasteiger partial charge < -0.3 is 20.7 Å². The third kappa shape index (κ3) is 3.38. The van der Waals surface area contributed by atoms with Crippen LogP contribution in [0.3, 0.4) is 0 Å². The van der Waals surface area contributed by atoms with Crippen LogP contribution >= 0.6 is 0 Å². The average molecular weight is 486 g/mol. The molecule has 2 aliphatic carbocycles. The fraction of sp³-hybridized carbons (Fsp3) is 0.423. The first kappa shape index (κ1) is 22.3. The van der Waals surface area contributed by atoms with Crippen molar-refractivity contribution in [2.24, 2.45) is 16.6 Å². The number of hydrogen-bond donors (Lipinski definition) is 2. The van der Waals surface area contributed by atoms with Gasteiger partial charge in [0.25, 0.3) is 5.91 Å². The van der Waals surface area contributed by atoms with E-state index in [-0.39, 0.29) is 17.4 Å². The van der Waals surface area contributed by atoms with E-state index in [1.807, 2.05) is 23.2 Å². The average Bonchev–Trinajstić information content (AvgIpc) is 3.38. The number of carbonyl (C=O) groups is 2. The zero-order chi connectivity index (χ0) is 25.1. The number of fused-ring (bicyclic) bond motifs is 1. The second-order valence-corrected chi connectivity index (χ2v) is 10.2. The smallest absolute Gasteiger partial charge is 0.252 e. The number of rotatable bonds is 6. The highest BCUT2D eigenvalue weighted by atomic mass is 16.5. The summed E-state index contributed by atoms with van der Waals surface area (Å²) in [5.41, 5.74) is 8.22. The molecule has 1 atom stereocenters.